The molecule has 2 heteroatoms. The van der Waals surface area contributed by atoms with Gasteiger partial charge in [0.15, 0.2) is 5.78 Å². The van der Waals surface area contributed by atoms with Gasteiger partial charge in [-0.05, 0) is 18.4 Å². The molecule has 0 saturated heterocycles. The van der Waals surface area contributed by atoms with Crippen molar-refractivity contribution < 1.29 is 4.79 Å². The number of nitrogens with zero attached hydrogens (tertiary/aromatic N) is 1. The fraction of sp³-hybridized carbons (Fsp3) is 0.429. The summed E-state index contributed by atoms with van der Waals surface area (Å²) in [6.45, 7) is 6.26. The Balaban J connectivity index is 2.44. The first-order valence-electron chi connectivity index (χ1n) is 5.86. The molecule has 0 fully saturated rings. The summed E-state index contributed by atoms with van der Waals surface area (Å²) in [5, 5.41) is 0. The van der Waals surface area contributed by atoms with Crippen molar-refractivity contribution in [3.05, 3.63) is 35.6 Å². The van der Waals surface area contributed by atoms with Gasteiger partial charge in [0.2, 0.25) is 0 Å². The van der Waals surface area contributed by atoms with Crippen LogP contribution in [0.3, 0.4) is 0 Å². The molecule has 16 heavy (non-hydrogen) atoms. The lowest BCUT2D eigenvalue weighted by Gasteiger charge is -2.23. The smallest absolute Gasteiger partial charge is 0.189 e. The molecule has 84 valence electrons. The molecule has 0 saturated carbocycles. The Morgan fingerprint density at radius 2 is 2.19 bits per heavy atom. The van der Waals surface area contributed by atoms with E-state index >= 15 is 0 Å². The Morgan fingerprint density at radius 1 is 1.44 bits per heavy atom. The molecule has 1 aliphatic carbocycles. The maximum Gasteiger partial charge on any atom is 0.189 e. The van der Waals surface area contributed by atoms with Gasteiger partial charge in [-0.1, -0.05) is 32.9 Å². The zero-order valence-electron chi connectivity index (χ0n) is 10.0. The van der Waals surface area contributed by atoms with E-state index in [4.69, 9.17) is 0 Å². The van der Waals surface area contributed by atoms with Crippen molar-refractivity contribution in [2.75, 3.05) is 0 Å². The predicted molar refractivity (Wildman–Crippen MR) is 66.4 cm³/mol. The highest BCUT2D eigenvalue weighted by atomic mass is 16.1. The molecule has 1 heterocycles. The Hall–Kier alpha value is -1.44. The molecule has 1 atom stereocenters. The second kappa shape index (κ2) is 4.20. The summed E-state index contributed by atoms with van der Waals surface area (Å²) in [4.78, 5) is 16.6. The zero-order valence-corrected chi connectivity index (χ0v) is 10.0. The average Bonchev–Trinajstić information content (AvgIpc) is 2.28. The highest BCUT2D eigenvalue weighted by Crippen LogP contribution is 2.27. The van der Waals surface area contributed by atoms with Crippen molar-refractivity contribution >= 4 is 11.5 Å². The summed E-state index contributed by atoms with van der Waals surface area (Å²) in [5.41, 5.74) is 2.64. The van der Waals surface area contributed by atoms with Crippen molar-refractivity contribution in [3.8, 4) is 0 Å². The van der Waals surface area contributed by atoms with E-state index in [1.54, 1.807) is 6.08 Å². The number of hydrogen-bond donors (Lipinski definition) is 0. The molecule has 2 nitrogen and oxygen atoms in total. The Morgan fingerprint density at radius 3 is 2.81 bits per heavy atom. The fourth-order valence-electron chi connectivity index (χ4n) is 2.02. The van der Waals surface area contributed by atoms with Gasteiger partial charge in [0.05, 0.1) is 5.71 Å². The van der Waals surface area contributed by atoms with Crippen LogP contribution < -0.4 is 0 Å². The molecule has 2 rings (SSSR count). The largest absolute Gasteiger partial charge is 0.289 e. The monoisotopic (exact) mass is 215 g/mol. The Labute approximate surface area is 96.5 Å². The number of allylic oxidation sites excluding steroid dienone is 6. The standard InChI is InChI=1S/C14H17NO/c1-4-10-6-5-7-11-13(16)8-12(9(2)3)15-14(10)11/h5-10H,4H2,1-3H3. The molecule has 0 aromatic carbocycles. The lowest BCUT2D eigenvalue weighted by atomic mass is 9.85. The van der Waals surface area contributed by atoms with Crippen LogP contribution in [0.25, 0.3) is 0 Å². The highest BCUT2D eigenvalue weighted by molar-refractivity contribution is 6.29. The van der Waals surface area contributed by atoms with Gasteiger partial charge in [-0.2, -0.15) is 0 Å². The van der Waals surface area contributed by atoms with E-state index in [2.05, 4.69) is 31.8 Å². The number of fused-ring (bicyclic) bond motifs is 1. The Kier molecular flexibility index (Phi) is 2.90. The van der Waals surface area contributed by atoms with E-state index in [0.29, 0.717) is 11.8 Å². The summed E-state index contributed by atoms with van der Waals surface area (Å²) in [5.74, 6) is 0.712. The predicted octanol–water partition coefficient (Wildman–Crippen LogP) is 3.07. The zero-order chi connectivity index (χ0) is 11.7. The first-order valence-corrected chi connectivity index (χ1v) is 5.86. The lowest BCUT2D eigenvalue weighted by molar-refractivity contribution is -0.111. The number of carbonyl (C=O) groups is 1. The van der Waals surface area contributed by atoms with E-state index in [0.717, 1.165) is 23.4 Å². The third-order valence-electron chi connectivity index (χ3n) is 3.06. The fourth-order valence-corrected chi connectivity index (χ4v) is 2.02. The maximum absolute atomic E-state index is 11.9. The van der Waals surface area contributed by atoms with Gasteiger partial charge in [0.25, 0.3) is 0 Å². The summed E-state index contributed by atoms with van der Waals surface area (Å²) >= 11 is 0. The van der Waals surface area contributed by atoms with Gasteiger partial charge >= 0.3 is 0 Å². The van der Waals surface area contributed by atoms with Crippen LogP contribution >= 0.6 is 0 Å². The van der Waals surface area contributed by atoms with Crippen LogP contribution in [0.4, 0.5) is 0 Å². The van der Waals surface area contributed by atoms with E-state index < -0.39 is 0 Å². The van der Waals surface area contributed by atoms with Gasteiger partial charge in [-0.25, -0.2) is 0 Å². The van der Waals surface area contributed by atoms with E-state index in [-0.39, 0.29) is 5.78 Å². The van der Waals surface area contributed by atoms with Crippen LogP contribution in [0.15, 0.2) is 40.6 Å². The molecule has 0 aromatic heterocycles. The minimum Gasteiger partial charge on any atom is -0.289 e. The van der Waals surface area contributed by atoms with E-state index in [1.807, 2.05) is 12.2 Å². The molecule has 2 aliphatic rings. The van der Waals surface area contributed by atoms with Gasteiger partial charge < -0.3 is 0 Å². The van der Waals surface area contributed by atoms with E-state index in [9.17, 15) is 4.79 Å². The first-order chi connectivity index (χ1) is 7.63. The highest BCUT2D eigenvalue weighted by Gasteiger charge is 2.26. The Bertz CT molecular complexity index is 436. The third-order valence-corrected chi connectivity index (χ3v) is 3.06. The number of ketones is 1. The lowest BCUT2D eigenvalue weighted by Crippen LogP contribution is -2.25. The molecule has 0 bridgehead atoms. The number of aliphatic imine (C=N–C) groups is 1. The number of carbonyl (C=O) groups excluding carboxylic acids is 1. The molecule has 0 amide bonds. The number of rotatable bonds is 2. The summed E-state index contributed by atoms with van der Waals surface area (Å²) in [6, 6.07) is 0. The van der Waals surface area contributed by atoms with Crippen molar-refractivity contribution in [1.29, 1.82) is 0 Å². The maximum atomic E-state index is 11.9. The minimum absolute atomic E-state index is 0.108. The molecule has 1 aliphatic heterocycles. The van der Waals surface area contributed by atoms with Crippen molar-refractivity contribution in [1.82, 2.24) is 0 Å². The first kappa shape index (κ1) is 11.1. The van der Waals surface area contributed by atoms with Crippen LogP contribution in [0.2, 0.25) is 0 Å². The van der Waals surface area contributed by atoms with Crippen molar-refractivity contribution in [2.24, 2.45) is 16.8 Å². The summed E-state index contributed by atoms with van der Waals surface area (Å²) < 4.78 is 0. The van der Waals surface area contributed by atoms with Gasteiger partial charge in [0, 0.05) is 23.3 Å². The molecule has 0 radical (unpaired) electrons. The summed E-state index contributed by atoms with van der Waals surface area (Å²) in [6.07, 6.45) is 8.63. The van der Waals surface area contributed by atoms with E-state index in [1.165, 1.54) is 0 Å². The second-order valence-corrected chi connectivity index (χ2v) is 4.57. The molecule has 0 aromatic rings. The third kappa shape index (κ3) is 1.80. The molecular formula is C14H17NO. The van der Waals surface area contributed by atoms with Crippen LogP contribution in [-0.4, -0.2) is 11.5 Å². The molecular weight excluding hydrogens is 198 g/mol. The van der Waals surface area contributed by atoms with Gasteiger partial charge in [-0.3, -0.25) is 9.79 Å². The van der Waals surface area contributed by atoms with Crippen LogP contribution in [0.5, 0.6) is 0 Å². The molecule has 1 unspecified atom stereocenters. The minimum atomic E-state index is 0.108. The SMILES string of the molecule is CCC1C=CC=C2C(=O)C=C(C(C)C)N=C21. The molecule has 0 N–H and O–H groups in total. The van der Waals surface area contributed by atoms with Crippen molar-refractivity contribution in [2.45, 2.75) is 27.2 Å². The number of hydrogen-bond acceptors (Lipinski definition) is 2. The van der Waals surface area contributed by atoms with Crippen LogP contribution in [0.1, 0.15) is 27.2 Å². The molecule has 0 spiro atoms. The topological polar surface area (TPSA) is 29.4 Å². The van der Waals surface area contributed by atoms with Crippen molar-refractivity contribution in [3.63, 3.8) is 0 Å². The van der Waals surface area contributed by atoms with Crippen LogP contribution in [-0.2, 0) is 4.79 Å². The van der Waals surface area contributed by atoms with Gasteiger partial charge in [0.1, 0.15) is 0 Å². The van der Waals surface area contributed by atoms with Crippen LogP contribution in [0, 0.1) is 11.8 Å². The second-order valence-electron chi connectivity index (χ2n) is 4.57. The van der Waals surface area contributed by atoms with Gasteiger partial charge in [-0.15, -0.1) is 0 Å². The summed E-state index contributed by atoms with van der Waals surface area (Å²) in [7, 11) is 0. The normalized spacial score (nSPS) is 23.9. The average molecular weight is 215 g/mol. The quantitative estimate of drug-likeness (QED) is 0.696.